The first-order valence-electron chi connectivity index (χ1n) is 8.40. The lowest BCUT2D eigenvalue weighted by molar-refractivity contribution is 0.0654. The van der Waals surface area contributed by atoms with Crippen LogP contribution in [-0.2, 0) is 4.74 Å². The van der Waals surface area contributed by atoms with Crippen molar-refractivity contribution in [3.8, 4) is 0 Å². The highest BCUT2D eigenvalue weighted by Crippen LogP contribution is 2.65. The molecule has 4 fully saturated rings. The van der Waals surface area contributed by atoms with Crippen molar-refractivity contribution in [1.82, 2.24) is 5.32 Å². The van der Waals surface area contributed by atoms with Gasteiger partial charge in [0, 0.05) is 18.7 Å². The third kappa shape index (κ3) is 1.68. The number of hydrogen-bond donors (Lipinski definition) is 1. The number of fused-ring (bicyclic) bond motifs is 2. The van der Waals surface area contributed by atoms with Crippen LogP contribution in [0.1, 0.15) is 59.3 Å². The van der Waals surface area contributed by atoms with Gasteiger partial charge in [-0.3, -0.25) is 0 Å². The van der Waals surface area contributed by atoms with Crippen molar-refractivity contribution in [1.29, 1.82) is 0 Å². The number of nitrogens with one attached hydrogen (secondary N) is 1. The quantitative estimate of drug-likeness (QED) is 0.843. The Morgan fingerprint density at radius 2 is 1.84 bits per heavy atom. The lowest BCUT2D eigenvalue weighted by Crippen LogP contribution is -2.51. The number of hydrogen-bond acceptors (Lipinski definition) is 2. The van der Waals surface area contributed by atoms with Crippen LogP contribution in [0.3, 0.4) is 0 Å². The monoisotopic (exact) mass is 263 g/mol. The summed E-state index contributed by atoms with van der Waals surface area (Å²) in [7, 11) is 0. The molecular formula is C17H29NO. The molecule has 0 aromatic rings. The highest BCUT2D eigenvalue weighted by Gasteiger charge is 2.61. The van der Waals surface area contributed by atoms with Crippen molar-refractivity contribution in [3.05, 3.63) is 0 Å². The van der Waals surface area contributed by atoms with Crippen LogP contribution in [0.2, 0.25) is 0 Å². The van der Waals surface area contributed by atoms with E-state index in [0.29, 0.717) is 23.0 Å². The molecule has 4 rings (SSSR count). The van der Waals surface area contributed by atoms with E-state index in [1.165, 1.54) is 38.5 Å². The molecule has 2 bridgehead atoms. The summed E-state index contributed by atoms with van der Waals surface area (Å²) in [6, 6.07) is 1.37. The highest BCUT2D eigenvalue weighted by atomic mass is 16.5. The predicted molar refractivity (Wildman–Crippen MR) is 77.0 cm³/mol. The Kier molecular flexibility index (Phi) is 2.65. The summed E-state index contributed by atoms with van der Waals surface area (Å²) < 4.78 is 6.00. The molecule has 3 saturated carbocycles. The first-order chi connectivity index (χ1) is 9.02. The maximum atomic E-state index is 6.00. The van der Waals surface area contributed by atoms with Crippen LogP contribution >= 0.6 is 0 Å². The molecule has 3 aliphatic carbocycles. The van der Waals surface area contributed by atoms with E-state index >= 15 is 0 Å². The zero-order valence-corrected chi connectivity index (χ0v) is 12.7. The lowest BCUT2D eigenvalue weighted by Gasteiger charge is -2.41. The van der Waals surface area contributed by atoms with Crippen molar-refractivity contribution in [3.63, 3.8) is 0 Å². The first kappa shape index (κ1) is 12.6. The van der Waals surface area contributed by atoms with Crippen LogP contribution in [0.4, 0.5) is 0 Å². The lowest BCUT2D eigenvalue weighted by atomic mass is 9.69. The van der Waals surface area contributed by atoms with Gasteiger partial charge >= 0.3 is 0 Å². The van der Waals surface area contributed by atoms with Gasteiger partial charge in [-0.05, 0) is 61.2 Å². The average Bonchev–Trinajstić information content (AvgIpc) is 3.03. The van der Waals surface area contributed by atoms with Crippen LogP contribution in [0.25, 0.3) is 0 Å². The summed E-state index contributed by atoms with van der Waals surface area (Å²) in [5, 5.41) is 4.05. The van der Waals surface area contributed by atoms with E-state index in [0.717, 1.165) is 24.5 Å². The molecule has 2 nitrogen and oxygen atoms in total. The molecule has 1 aliphatic heterocycles. The fourth-order valence-electron chi connectivity index (χ4n) is 5.39. The molecule has 0 radical (unpaired) electrons. The van der Waals surface area contributed by atoms with E-state index in [-0.39, 0.29) is 0 Å². The second-order valence-corrected chi connectivity index (χ2v) is 8.40. The molecule has 4 aliphatic rings. The topological polar surface area (TPSA) is 21.3 Å². The zero-order chi connectivity index (χ0) is 13.3. The fourth-order valence-corrected chi connectivity index (χ4v) is 5.39. The Balaban J connectivity index is 1.49. The van der Waals surface area contributed by atoms with Gasteiger partial charge in [0.05, 0.1) is 6.10 Å². The summed E-state index contributed by atoms with van der Waals surface area (Å²) in [6.07, 6.45) is 8.85. The Morgan fingerprint density at radius 3 is 2.42 bits per heavy atom. The van der Waals surface area contributed by atoms with Crippen LogP contribution in [0.15, 0.2) is 0 Å². The van der Waals surface area contributed by atoms with Gasteiger partial charge in [-0.2, -0.15) is 0 Å². The minimum atomic E-state index is 0.508. The van der Waals surface area contributed by atoms with Gasteiger partial charge in [0.15, 0.2) is 0 Å². The smallest absolute Gasteiger partial charge is 0.0757 e. The Labute approximate surface area is 117 Å². The van der Waals surface area contributed by atoms with Crippen LogP contribution in [0, 0.1) is 22.7 Å². The van der Waals surface area contributed by atoms with Gasteiger partial charge in [0.1, 0.15) is 0 Å². The fraction of sp³-hybridized carbons (Fsp3) is 1.00. The van der Waals surface area contributed by atoms with Crippen molar-refractivity contribution in [2.45, 2.75) is 77.5 Å². The molecule has 1 saturated heterocycles. The SMILES string of the molecule is CC1(C)C2CCC1(C)C(NC1CCOC1C1CC1)C2. The number of ether oxygens (including phenoxy) is 1. The molecule has 0 spiro atoms. The maximum Gasteiger partial charge on any atom is 0.0757 e. The molecular weight excluding hydrogens is 234 g/mol. The van der Waals surface area contributed by atoms with E-state index in [1.807, 2.05) is 0 Å². The van der Waals surface area contributed by atoms with Gasteiger partial charge in [0.25, 0.3) is 0 Å². The molecule has 108 valence electrons. The molecule has 2 heteroatoms. The zero-order valence-electron chi connectivity index (χ0n) is 12.7. The van der Waals surface area contributed by atoms with E-state index in [4.69, 9.17) is 4.74 Å². The third-order valence-electron chi connectivity index (χ3n) is 7.43. The molecule has 5 atom stereocenters. The highest BCUT2D eigenvalue weighted by molar-refractivity contribution is 5.14. The standard InChI is InChI=1S/C17H29NO/c1-16(2)12-6-8-17(16,3)14(10-12)18-13-7-9-19-15(13)11-4-5-11/h11-15,18H,4-10H2,1-3H3. The van der Waals surface area contributed by atoms with Crippen LogP contribution in [-0.4, -0.2) is 24.8 Å². The van der Waals surface area contributed by atoms with Crippen LogP contribution in [0.5, 0.6) is 0 Å². The first-order valence-corrected chi connectivity index (χ1v) is 8.40. The summed E-state index contributed by atoms with van der Waals surface area (Å²) in [6.45, 7) is 8.54. The number of rotatable bonds is 3. The molecule has 0 aromatic carbocycles. The van der Waals surface area contributed by atoms with E-state index in [2.05, 4.69) is 26.1 Å². The Morgan fingerprint density at radius 1 is 1.05 bits per heavy atom. The largest absolute Gasteiger partial charge is 0.376 e. The van der Waals surface area contributed by atoms with Gasteiger partial charge in [0.2, 0.25) is 0 Å². The van der Waals surface area contributed by atoms with E-state index in [1.54, 1.807) is 0 Å². The van der Waals surface area contributed by atoms with Gasteiger partial charge in [-0.25, -0.2) is 0 Å². The molecule has 5 unspecified atom stereocenters. The van der Waals surface area contributed by atoms with Crippen LogP contribution < -0.4 is 5.32 Å². The van der Waals surface area contributed by atoms with Crippen molar-refractivity contribution < 1.29 is 4.74 Å². The third-order valence-corrected chi connectivity index (χ3v) is 7.43. The van der Waals surface area contributed by atoms with E-state index < -0.39 is 0 Å². The predicted octanol–water partition coefficient (Wildman–Crippen LogP) is 3.36. The summed E-state index contributed by atoms with van der Waals surface area (Å²) in [4.78, 5) is 0. The summed E-state index contributed by atoms with van der Waals surface area (Å²) >= 11 is 0. The Bertz CT molecular complexity index is 375. The van der Waals surface area contributed by atoms with E-state index in [9.17, 15) is 0 Å². The second kappa shape index (κ2) is 3.98. The van der Waals surface area contributed by atoms with Gasteiger partial charge in [-0.15, -0.1) is 0 Å². The molecule has 19 heavy (non-hydrogen) atoms. The molecule has 0 amide bonds. The van der Waals surface area contributed by atoms with Gasteiger partial charge < -0.3 is 10.1 Å². The normalized spacial score (nSPS) is 51.9. The molecule has 1 heterocycles. The molecule has 0 aromatic heterocycles. The summed E-state index contributed by atoms with van der Waals surface area (Å²) in [5.41, 5.74) is 1.04. The average molecular weight is 263 g/mol. The minimum Gasteiger partial charge on any atom is -0.376 e. The summed E-state index contributed by atoms with van der Waals surface area (Å²) in [5.74, 6) is 1.82. The Hall–Kier alpha value is -0.0800. The maximum absolute atomic E-state index is 6.00. The minimum absolute atomic E-state index is 0.508. The second-order valence-electron chi connectivity index (χ2n) is 8.40. The van der Waals surface area contributed by atoms with Crippen molar-refractivity contribution >= 4 is 0 Å². The van der Waals surface area contributed by atoms with Crippen molar-refractivity contribution in [2.75, 3.05) is 6.61 Å². The molecule has 1 N–H and O–H groups in total. The van der Waals surface area contributed by atoms with Gasteiger partial charge in [-0.1, -0.05) is 20.8 Å². The van der Waals surface area contributed by atoms with Crippen molar-refractivity contribution in [2.24, 2.45) is 22.7 Å².